The van der Waals surface area contributed by atoms with Crippen molar-refractivity contribution in [1.82, 2.24) is 9.62 Å². The highest BCUT2D eigenvalue weighted by atomic mass is 79.9. The topological polar surface area (TPSA) is 49.4 Å². The molecule has 0 aliphatic rings. The van der Waals surface area contributed by atoms with E-state index in [9.17, 15) is 8.42 Å². The van der Waals surface area contributed by atoms with E-state index in [0.717, 1.165) is 21.2 Å². The number of sulfonamides is 1. The summed E-state index contributed by atoms with van der Waals surface area (Å²) < 4.78 is 28.2. The molecule has 4 nitrogen and oxygen atoms in total. The molecule has 0 unspecified atom stereocenters. The van der Waals surface area contributed by atoms with Gasteiger partial charge in [-0.3, -0.25) is 0 Å². The first-order valence-electron chi connectivity index (χ1n) is 4.92. The van der Waals surface area contributed by atoms with Crippen molar-refractivity contribution in [2.24, 2.45) is 0 Å². The lowest BCUT2D eigenvalue weighted by Crippen LogP contribution is -2.26. The normalized spacial score (nSPS) is 12.3. The molecule has 0 saturated carbocycles. The molecule has 0 saturated heterocycles. The van der Waals surface area contributed by atoms with E-state index in [4.69, 9.17) is 0 Å². The Morgan fingerprint density at radius 3 is 2.53 bits per heavy atom. The first-order chi connectivity index (χ1) is 7.83. The molecule has 1 aromatic heterocycles. The van der Waals surface area contributed by atoms with Gasteiger partial charge in [-0.2, -0.15) is 0 Å². The SMILES string of the molecule is CN(C)CCCNS(=O)(=O)c1cc(Br)c(Br)s1. The van der Waals surface area contributed by atoms with Crippen molar-refractivity contribution in [3.8, 4) is 0 Å². The van der Waals surface area contributed by atoms with Crippen LogP contribution in [0.4, 0.5) is 0 Å². The highest BCUT2D eigenvalue weighted by molar-refractivity contribution is 9.13. The van der Waals surface area contributed by atoms with Crippen molar-refractivity contribution in [3.63, 3.8) is 0 Å². The number of nitrogens with zero attached hydrogens (tertiary/aromatic N) is 1. The van der Waals surface area contributed by atoms with Crippen molar-refractivity contribution in [3.05, 3.63) is 14.3 Å². The summed E-state index contributed by atoms with van der Waals surface area (Å²) in [5.41, 5.74) is 0. The molecule has 1 rings (SSSR count). The smallest absolute Gasteiger partial charge is 0.250 e. The molecule has 0 aliphatic heterocycles. The molecule has 1 aromatic rings. The number of rotatable bonds is 6. The van der Waals surface area contributed by atoms with E-state index in [1.165, 1.54) is 11.3 Å². The lowest BCUT2D eigenvalue weighted by molar-refractivity contribution is 0.400. The molecule has 0 aromatic carbocycles. The summed E-state index contributed by atoms with van der Waals surface area (Å²) in [6.07, 6.45) is 0.792. The van der Waals surface area contributed by atoms with Crippen LogP contribution in [-0.2, 0) is 10.0 Å². The van der Waals surface area contributed by atoms with Crippen molar-refractivity contribution < 1.29 is 8.42 Å². The molecule has 98 valence electrons. The maximum Gasteiger partial charge on any atom is 0.250 e. The van der Waals surface area contributed by atoms with Crippen LogP contribution in [0.2, 0.25) is 0 Å². The second kappa shape index (κ2) is 6.63. The van der Waals surface area contributed by atoms with E-state index in [1.807, 2.05) is 19.0 Å². The van der Waals surface area contributed by atoms with Crippen LogP contribution in [0, 0.1) is 0 Å². The fraction of sp³-hybridized carbons (Fsp3) is 0.556. The van der Waals surface area contributed by atoms with Gasteiger partial charge in [-0.1, -0.05) is 0 Å². The molecule has 0 aliphatic carbocycles. The molecule has 0 atom stereocenters. The van der Waals surface area contributed by atoms with E-state index < -0.39 is 10.0 Å². The Bertz CT molecular complexity index is 452. The highest BCUT2D eigenvalue weighted by Gasteiger charge is 2.17. The second-order valence-corrected chi connectivity index (χ2v) is 8.96. The number of nitrogens with one attached hydrogen (secondary N) is 1. The minimum absolute atomic E-state index is 0.320. The quantitative estimate of drug-likeness (QED) is 0.739. The van der Waals surface area contributed by atoms with Gasteiger partial charge in [0.1, 0.15) is 4.21 Å². The summed E-state index contributed by atoms with van der Waals surface area (Å²) in [6, 6.07) is 1.60. The molecular formula is C9H14Br2N2O2S2. The molecule has 0 fully saturated rings. The fourth-order valence-electron chi connectivity index (χ4n) is 1.13. The Hall–Kier alpha value is 0.530. The summed E-state index contributed by atoms with van der Waals surface area (Å²) in [4.78, 5) is 2.02. The Balaban J connectivity index is 2.57. The van der Waals surface area contributed by atoms with Crippen LogP contribution < -0.4 is 4.72 Å². The Morgan fingerprint density at radius 1 is 1.41 bits per heavy atom. The van der Waals surface area contributed by atoms with Gasteiger partial charge in [-0.25, -0.2) is 13.1 Å². The summed E-state index contributed by atoms with van der Waals surface area (Å²) in [5.74, 6) is 0. The maximum absolute atomic E-state index is 11.9. The van der Waals surface area contributed by atoms with Crippen molar-refractivity contribution in [2.75, 3.05) is 27.2 Å². The Kier molecular flexibility index (Phi) is 6.07. The number of thiophene rings is 1. The van der Waals surface area contributed by atoms with E-state index in [-0.39, 0.29) is 0 Å². The van der Waals surface area contributed by atoms with Crippen molar-refractivity contribution in [2.45, 2.75) is 10.6 Å². The first kappa shape index (κ1) is 15.6. The molecule has 1 heterocycles. The van der Waals surface area contributed by atoms with Gasteiger partial charge in [0.15, 0.2) is 0 Å². The van der Waals surface area contributed by atoms with Crippen molar-refractivity contribution in [1.29, 1.82) is 0 Å². The van der Waals surface area contributed by atoms with Gasteiger partial charge >= 0.3 is 0 Å². The van der Waals surface area contributed by atoms with Crippen molar-refractivity contribution >= 4 is 53.2 Å². The number of hydrogen-bond donors (Lipinski definition) is 1. The number of halogens is 2. The minimum atomic E-state index is -3.37. The zero-order valence-corrected chi connectivity index (χ0v) is 14.3. The summed E-state index contributed by atoms with van der Waals surface area (Å²) >= 11 is 7.75. The van der Waals surface area contributed by atoms with Crippen LogP contribution in [0.25, 0.3) is 0 Å². The van der Waals surface area contributed by atoms with Crippen LogP contribution in [0.15, 0.2) is 18.5 Å². The van der Waals surface area contributed by atoms with Gasteiger partial charge < -0.3 is 4.90 Å². The molecule has 0 amide bonds. The fourth-order valence-corrected chi connectivity index (χ4v) is 5.07. The summed E-state index contributed by atoms with van der Waals surface area (Å²) in [5, 5.41) is 0. The molecule has 8 heteroatoms. The van der Waals surface area contributed by atoms with Gasteiger partial charge in [-0.05, 0) is 65.0 Å². The largest absolute Gasteiger partial charge is 0.309 e. The summed E-state index contributed by atoms with van der Waals surface area (Å²) in [7, 11) is 0.551. The van der Waals surface area contributed by atoms with Gasteiger partial charge in [0.2, 0.25) is 10.0 Å². The molecular weight excluding hydrogens is 392 g/mol. The lowest BCUT2D eigenvalue weighted by atomic mass is 10.4. The molecule has 0 radical (unpaired) electrons. The Morgan fingerprint density at radius 2 is 2.06 bits per heavy atom. The first-order valence-corrected chi connectivity index (χ1v) is 8.81. The Labute approximate surface area is 123 Å². The summed E-state index contributed by atoms with van der Waals surface area (Å²) in [6.45, 7) is 1.31. The third kappa shape index (κ3) is 4.96. The molecule has 17 heavy (non-hydrogen) atoms. The predicted octanol–water partition coefficient (Wildman–Crippen LogP) is 2.50. The average Bonchev–Trinajstić information content (AvgIpc) is 2.55. The lowest BCUT2D eigenvalue weighted by Gasteiger charge is -2.09. The zero-order chi connectivity index (χ0) is 13.1. The predicted molar refractivity (Wildman–Crippen MR) is 78.1 cm³/mol. The van der Waals surface area contributed by atoms with Crippen LogP contribution in [-0.4, -0.2) is 40.5 Å². The number of hydrogen-bond acceptors (Lipinski definition) is 4. The van der Waals surface area contributed by atoms with E-state index in [2.05, 4.69) is 36.6 Å². The van der Waals surface area contributed by atoms with E-state index in [1.54, 1.807) is 6.07 Å². The average molecular weight is 406 g/mol. The second-order valence-electron chi connectivity index (χ2n) is 3.74. The van der Waals surface area contributed by atoms with Gasteiger partial charge in [0, 0.05) is 11.0 Å². The molecule has 0 spiro atoms. The van der Waals surface area contributed by atoms with Crippen LogP contribution in [0.1, 0.15) is 6.42 Å². The molecule has 0 bridgehead atoms. The van der Waals surface area contributed by atoms with Crippen LogP contribution in [0.5, 0.6) is 0 Å². The zero-order valence-electron chi connectivity index (χ0n) is 9.53. The van der Waals surface area contributed by atoms with Gasteiger partial charge in [-0.15, -0.1) is 11.3 Å². The van der Waals surface area contributed by atoms with Crippen LogP contribution in [0.3, 0.4) is 0 Å². The minimum Gasteiger partial charge on any atom is -0.309 e. The van der Waals surface area contributed by atoms with E-state index in [0.29, 0.717) is 10.8 Å². The van der Waals surface area contributed by atoms with Gasteiger partial charge in [0.05, 0.1) is 3.79 Å². The van der Waals surface area contributed by atoms with Gasteiger partial charge in [0.25, 0.3) is 0 Å². The third-order valence-electron chi connectivity index (χ3n) is 1.96. The highest BCUT2D eigenvalue weighted by Crippen LogP contribution is 2.34. The maximum atomic E-state index is 11.9. The van der Waals surface area contributed by atoms with E-state index >= 15 is 0 Å². The molecule has 1 N–H and O–H groups in total. The monoisotopic (exact) mass is 404 g/mol. The third-order valence-corrected chi connectivity index (χ3v) is 7.15. The standard InChI is InChI=1S/C9H14Br2N2O2S2/c1-13(2)5-3-4-12-17(14,15)8-6-7(10)9(11)16-8/h6,12H,3-5H2,1-2H3. The van der Waals surface area contributed by atoms with Crippen LogP contribution >= 0.6 is 43.2 Å².